The summed E-state index contributed by atoms with van der Waals surface area (Å²) in [6.07, 6.45) is 1.43. The number of ether oxygens (including phenoxy) is 1. The van der Waals surface area contributed by atoms with E-state index in [0.29, 0.717) is 24.5 Å². The Morgan fingerprint density at radius 2 is 2.12 bits per heavy atom. The summed E-state index contributed by atoms with van der Waals surface area (Å²) in [7, 11) is -1.89. The maximum absolute atomic E-state index is 14.7. The molecule has 3 atom stereocenters. The van der Waals surface area contributed by atoms with Crippen molar-refractivity contribution in [2.45, 2.75) is 63.8 Å². The lowest BCUT2D eigenvalue weighted by atomic mass is 10.2. The van der Waals surface area contributed by atoms with Crippen LogP contribution in [0, 0.1) is 3.57 Å². The van der Waals surface area contributed by atoms with E-state index in [1.54, 1.807) is 4.57 Å². The summed E-state index contributed by atoms with van der Waals surface area (Å²) in [4.78, 5) is 8.30. The van der Waals surface area contributed by atoms with Crippen molar-refractivity contribution in [3.8, 4) is 0 Å². The third-order valence-corrected chi connectivity index (χ3v) is 10.8. The van der Waals surface area contributed by atoms with Crippen LogP contribution >= 0.6 is 22.6 Å². The van der Waals surface area contributed by atoms with Crippen LogP contribution in [0.4, 0.5) is 10.2 Å². The molecule has 0 saturated carbocycles. The number of alkyl halides is 1. The average Bonchev–Trinajstić information content (AvgIpc) is 3.05. The zero-order valence-corrected chi connectivity index (χ0v) is 18.9. The van der Waals surface area contributed by atoms with E-state index in [9.17, 15) is 4.39 Å². The standard InChI is InChI=1S/C17H26FIN4O2Si/c1-17(2,3)26(4,5)24-8-10-6-11(18)16(25-10)23-7-12(19)13-14(20)21-9-22-15(13)23/h7,9-11,16H,6,8H2,1-5H3,(H2,20,21,22)/t10-,11+,16-/m1/s1. The molecular weight excluding hydrogens is 466 g/mol. The Balaban J connectivity index is 1.77. The molecule has 26 heavy (non-hydrogen) atoms. The fourth-order valence-corrected chi connectivity index (χ4v) is 4.68. The Hall–Kier alpha value is -0.783. The molecule has 1 aliphatic heterocycles. The molecule has 0 bridgehead atoms. The van der Waals surface area contributed by atoms with Crippen LogP contribution in [0.5, 0.6) is 0 Å². The van der Waals surface area contributed by atoms with Gasteiger partial charge in [-0.1, -0.05) is 20.8 Å². The Morgan fingerprint density at radius 1 is 1.42 bits per heavy atom. The van der Waals surface area contributed by atoms with Crippen LogP contribution in [0.1, 0.15) is 33.4 Å². The van der Waals surface area contributed by atoms with Gasteiger partial charge < -0.3 is 19.5 Å². The van der Waals surface area contributed by atoms with Crippen LogP contribution in [-0.2, 0) is 9.16 Å². The van der Waals surface area contributed by atoms with Gasteiger partial charge in [0.05, 0.1) is 18.1 Å². The number of nitrogen functional groups attached to an aromatic ring is 1. The molecule has 0 spiro atoms. The fourth-order valence-electron chi connectivity index (χ4n) is 2.83. The minimum Gasteiger partial charge on any atom is -0.414 e. The number of nitrogens with zero attached hydrogens (tertiary/aromatic N) is 3. The predicted molar refractivity (Wildman–Crippen MR) is 111 cm³/mol. The SMILES string of the molecule is CC(C)(C)[Si](C)(C)OC[C@H]1C[C@H](F)[C@H](n2cc(I)c3c(N)ncnc32)O1. The number of fused-ring (bicyclic) bond motifs is 1. The van der Waals surface area contributed by atoms with Gasteiger partial charge in [-0.15, -0.1) is 0 Å². The van der Waals surface area contributed by atoms with E-state index < -0.39 is 20.7 Å². The second-order valence-electron chi connectivity index (χ2n) is 8.31. The summed E-state index contributed by atoms with van der Waals surface area (Å²) in [5.41, 5.74) is 6.55. The highest BCUT2D eigenvalue weighted by Gasteiger charge is 2.41. The van der Waals surface area contributed by atoms with Gasteiger partial charge in [-0.3, -0.25) is 0 Å². The Labute approximate surface area is 167 Å². The van der Waals surface area contributed by atoms with Crippen LogP contribution < -0.4 is 5.73 Å². The molecule has 1 aliphatic rings. The molecule has 0 aromatic carbocycles. The highest BCUT2D eigenvalue weighted by Crippen LogP contribution is 2.39. The average molecular weight is 492 g/mol. The molecule has 0 radical (unpaired) electrons. The fraction of sp³-hybridized carbons (Fsp3) is 0.647. The van der Waals surface area contributed by atoms with E-state index in [0.717, 1.165) is 8.96 Å². The van der Waals surface area contributed by atoms with Crippen LogP contribution in [0.2, 0.25) is 18.1 Å². The van der Waals surface area contributed by atoms with Gasteiger partial charge in [-0.25, -0.2) is 14.4 Å². The van der Waals surface area contributed by atoms with Gasteiger partial charge in [0.1, 0.15) is 24.0 Å². The smallest absolute Gasteiger partial charge is 0.192 e. The first-order chi connectivity index (χ1) is 12.0. The molecule has 2 aromatic rings. The second-order valence-corrected chi connectivity index (χ2v) is 14.3. The molecule has 2 N–H and O–H groups in total. The van der Waals surface area contributed by atoms with Gasteiger partial charge in [-0.2, -0.15) is 0 Å². The number of halogens is 2. The van der Waals surface area contributed by atoms with E-state index in [-0.39, 0.29) is 11.1 Å². The number of aromatic nitrogens is 3. The Kier molecular flexibility index (Phi) is 5.37. The summed E-state index contributed by atoms with van der Waals surface area (Å²) in [5, 5.41) is 0.853. The monoisotopic (exact) mass is 492 g/mol. The predicted octanol–water partition coefficient (Wildman–Crippen LogP) is 4.27. The van der Waals surface area contributed by atoms with Gasteiger partial charge >= 0.3 is 0 Å². The minimum atomic E-state index is -1.89. The molecule has 6 nitrogen and oxygen atoms in total. The maximum atomic E-state index is 14.7. The number of hydrogen-bond acceptors (Lipinski definition) is 5. The van der Waals surface area contributed by atoms with E-state index in [2.05, 4.69) is 66.4 Å². The number of nitrogens with two attached hydrogens (primary N) is 1. The number of hydrogen-bond donors (Lipinski definition) is 1. The third-order valence-electron chi connectivity index (χ3n) is 5.43. The molecule has 0 unspecified atom stereocenters. The first-order valence-corrected chi connectivity index (χ1v) is 12.7. The van der Waals surface area contributed by atoms with E-state index in [4.69, 9.17) is 14.9 Å². The first kappa shape index (κ1) is 20.0. The molecule has 1 saturated heterocycles. The second kappa shape index (κ2) is 6.99. The zero-order chi connectivity index (χ0) is 19.3. The van der Waals surface area contributed by atoms with E-state index in [1.165, 1.54) is 6.33 Å². The summed E-state index contributed by atoms with van der Waals surface area (Å²) < 4.78 is 29.6. The summed E-state index contributed by atoms with van der Waals surface area (Å²) in [6, 6.07) is 0. The van der Waals surface area contributed by atoms with E-state index >= 15 is 0 Å². The van der Waals surface area contributed by atoms with Crippen molar-refractivity contribution in [2.75, 3.05) is 12.3 Å². The van der Waals surface area contributed by atoms with Crippen molar-refractivity contribution >= 4 is 47.8 Å². The van der Waals surface area contributed by atoms with Crippen molar-refractivity contribution in [3.05, 3.63) is 16.1 Å². The molecule has 0 aliphatic carbocycles. The minimum absolute atomic E-state index is 0.112. The lowest BCUT2D eigenvalue weighted by molar-refractivity contribution is -0.0328. The topological polar surface area (TPSA) is 75.2 Å². The lowest BCUT2D eigenvalue weighted by Crippen LogP contribution is -2.42. The molecule has 144 valence electrons. The van der Waals surface area contributed by atoms with Gasteiger partial charge in [-0.05, 0) is 40.7 Å². The van der Waals surface area contributed by atoms with Crippen LogP contribution in [-0.4, -0.2) is 41.7 Å². The Morgan fingerprint density at radius 3 is 2.77 bits per heavy atom. The van der Waals surface area contributed by atoms with Gasteiger partial charge in [0.25, 0.3) is 0 Å². The van der Waals surface area contributed by atoms with Crippen LogP contribution in [0.3, 0.4) is 0 Å². The van der Waals surface area contributed by atoms with Crippen LogP contribution in [0.15, 0.2) is 12.5 Å². The molecule has 0 amide bonds. The Bertz CT molecular complexity index is 808. The summed E-state index contributed by atoms with van der Waals surface area (Å²) >= 11 is 2.16. The van der Waals surface area contributed by atoms with Crippen LogP contribution in [0.25, 0.3) is 11.0 Å². The molecule has 3 heterocycles. The molecule has 2 aromatic heterocycles. The maximum Gasteiger partial charge on any atom is 0.192 e. The molecule has 1 fully saturated rings. The number of anilines is 1. The normalized spacial score (nSPS) is 24.5. The quantitative estimate of drug-likeness (QED) is 0.510. The van der Waals surface area contributed by atoms with Crippen molar-refractivity contribution in [1.29, 1.82) is 0 Å². The van der Waals surface area contributed by atoms with Crippen molar-refractivity contribution < 1.29 is 13.6 Å². The summed E-state index contributed by atoms with van der Waals surface area (Å²) in [5.74, 6) is 0.393. The van der Waals surface area contributed by atoms with Gasteiger partial charge in [0.2, 0.25) is 0 Å². The first-order valence-electron chi connectivity index (χ1n) is 8.71. The third kappa shape index (κ3) is 3.63. The summed E-state index contributed by atoms with van der Waals surface area (Å²) in [6.45, 7) is 11.4. The molecular formula is C17H26FIN4O2Si. The lowest BCUT2D eigenvalue weighted by Gasteiger charge is -2.36. The number of rotatable bonds is 4. The van der Waals surface area contributed by atoms with Gasteiger partial charge in [0, 0.05) is 16.2 Å². The largest absolute Gasteiger partial charge is 0.414 e. The van der Waals surface area contributed by atoms with Crippen molar-refractivity contribution in [2.24, 2.45) is 0 Å². The zero-order valence-electron chi connectivity index (χ0n) is 15.8. The molecule has 9 heteroatoms. The highest BCUT2D eigenvalue weighted by atomic mass is 127. The molecule has 3 rings (SSSR count). The van der Waals surface area contributed by atoms with Crippen molar-refractivity contribution in [1.82, 2.24) is 14.5 Å². The van der Waals surface area contributed by atoms with E-state index in [1.807, 2.05) is 6.20 Å². The van der Waals surface area contributed by atoms with Crippen molar-refractivity contribution in [3.63, 3.8) is 0 Å². The highest BCUT2D eigenvalue weighted by molar-refractivity contribution is 14.1. The van der Waals surface area contributed by atoms with Gasteiger partial charge in [0.15, 0.2) is 14.5 Å².